The van der Waals surface area contributed by atoms with E-state index in [4.69, 9.17) is 15.2 Å². The van der Waals surface area contributed by atoms with Gasteiger partial charge < -0.3 is 36.1 Å². The molecule has 0 saturated carbocycles. The highest BCUT2D eigenvalue weighted by Gasteiger charge is 2.36. The fourth-order valence-electron chi connectivity index (χ4n) is 8.36. The number of fused-ring (bicyclic) bond motifs is 2. The third-order valence-electron chi connectivity index (χ3n) is 12.3. The topological polar surface area (TPSA) is 160 Å². The summed E-state index contributed by atoms with van der Waals surface area (Å²) in [6, 6.07) is 4.04. The second kappa shape index (κ2) is 21.5. The molecule has 57 heavy (non-hydrogen) atoms. The average molecular weight is 810 g/mol. The van der Waals surface area contributed by atoms with E-state index in [1.807, 2.05) is 26.8 Å². The predicted molar refractivity (Wildman–Crippen MR) is 232 cm³/mol. The van der Waals surface area contributed by atoms with E-state index in [-0.39, 0.29) is 35.3 Å². The number of esters is 1. The maximum atomic E-state index is 13.8. The summed E-state index contributed by atoms with van der Waals surface area (Å²) in [7, 11) is 0. The number of aliphatic carboxylic acids is 1. The predicted octanol–water partition coefficient (Wildman–Crippen LogP) is 9.37. The smallest absolute Gasteiger partial charge is 0.324 e. The molecule has 318 valence electrons. The van der Waals surface area contributed by atoms with Crippen LogP contribution in [0.1, 0.15) is 145 Å². The number of carbonyl (C=O) groups is 3. The molecule has 0 radical (unpaired) electrons. The van der Waals surface area contributed by atoms with Gasteiger partial charge >= 0.3 is 11.9 Å². The molecule has 2 aromatic carbocycles. The molecule has 2 aliphatic rings. The van der Waals surface area contributed by atoms with Gasteiger partial charge in [0.25, 0.3) is 0 Å². The fourth-order valence-corrected chi connectivity index (χ4v) is 9.39. The lowest BCUT2D eigenvalue weighted by molar-refractivity contribution is -0.138. The summed E-state index contributed by atoms with van der Waals surface area (Å²) in [5, 5.41) is 24.6. The maximum Gasteiger partial charge on any atom is 0.324 e. The summed E-state index contributed by atoms with van der Waals surface area (Å²) >= 11 is 1.02. The lowest BCUT2D eigenvalue weighted by Crippen LogP contribution is -2.38. The van der Waals surface area contributed by atoms with Gasteiger partial charge in [0.2, 0.25) is 5.91 Å². The molecular weight excluding hydrogens is 739 g/mol. The lowest BCUT2D eigenvalue weighted by atomic mass is 9.83. The van der Waals surface area contributed by atoms with Crippen LogP contribution in [-0.2, 0) is 20.8 Å². The van der Waals surface area contributed by atoms with Crippen LogP contribution in [-0.4, -0.2) is 63.8 Å². The summed E-state index contributed by atoms with van der Waals surface area (Å²) in [6.45, 7) is 18.6. The molecule has 6 N–H and O–H groups in total. The third-order valence-corrected chi connectivity index (χ3v) is 13.6. The molecule has 6 unspecified atom stereocenters. The first-order valence-corrected chi connectivity index (χ1v) is 22.5. The van der Waals surface area contributed by atoms with Crippen LogP contribution in [0, 0.1) is 38.5 Å². The summed E-state index contributed by atoms with van der Waals surface area (Å²) in [4.78, 5) is 38.5. The van der Waals surface area contributed by atoms with E-state index >= 15 is 0 Å². The molecule has 2 heterocycles. The van der Waals surface area contributed by atoms with Crippen molar-refractivity contribution in [2.75, 3.05) is 24.2 Å². The number of hydrogen-bond donors (Lipinski definition) is 5. The van der Waals surface area contributed by atoms with E-state index in [9.17, 15) is 24.6 Å². The zero-order valence-corrected chi connectivity index (χ0v) is 36.7. The van der Waals surface area contributed by atoms with E-state index in [1.165, 1.54) is 44.9 Å². The maximum absolute atomic E-state index is 13.8. The first-order chi connectivity index (χ1) is 27.0. The molecule has 0 aromatic heterocycles. The van der Waals surface area contributed by atoms with Crippen LogP contribution < -0.4 is 25.8 Å². The van der Waals surface area contributed by atoms with Crippen LogP contribution in [0.4, 0.5) is 5.69 Å². The second-order valence-corrected chi connectivity index (χ2v) is 19.0. The van der Waals surface area contributed by atoms with Gasteiger partial charge in [0.15, 0.2) is 0 Å². The minimum Gasteiger partial charge on any atom is -0.508 e. The number of thioether (sulfide) groups is 1. The molecule has 4 rings (SSSR count). The Labute approximate surface area is 346 Å². The molecule has 0 bridgehead atoms. The Bertz CT molecular complexity index is 1680. The van der Waals surface area contributed by atoms with Crippen molar-refractivity contribution in [2.45, 2.75) is 162 Å². The first-order valence-electron chi connectivity index (χ1n) is 21.4. The first kappa shape index (κ1) is 46.3. The van der Waals surface area contributed by atoms with Gasteiger partial charge in [0.1, 0.15) is 34.1 Å². The van der Waals surface area contributed by atoms with Crippen molar-refractivity contribution in [3.63, 3.8) is 0 Å². The Kier molecular flexibility index (Phi) is 17.5. The summed E-state index contributed by atoms with van der Waals surface area (Å²) < 4.78 is 12.9. The Balaban J connectivity index is 1.33. The number of carbonyl (C=O) groups excluding carboxylic acids is 2. The van der Waals surface area contributed by atoms with Crippen LogP contribution >= 0.6 is 11.8 Å². The molecule has 1 amide bonds. The number of benzene rings is 2. The van der Waals surface area contributed by atoms with E-state index in [0.29, 0.717) is 31.2 Å². The van der Waals surface area contributed by atoms with E-state index in [1.54, 1.807) is 12.1 Å². The van der Waals surface area contributed by atoms with Crippen molar-refractivity contribution < 1.29 is 34.1 Å². The molecule has 0 spiro atoms. The third kappa shape index (κ3) is 13.6. The zero-order chi connectivity index (χ0) is 41.9. The Morgan fingerprint density at radius 2 is 1.67 bits per heavy atom. The molecule has 0 saturated heterocycles. The number of ether oxygens (including phenoxy) is 2. The van der Waals surface area contributed by atoms with Crippen LogP contribution in [0.3, 0.4) is 0 Å². The number of anilines is 1. The Morgan fingerprint density at radius 1 is 1.00 bits per heavy atom. The van der Waals surface area contributed by atoms with Gasteiger partial charge in [0.05, 0.1) is 0 Å². The molecule has 0 fully saturated rings. The Hall–Kier alpha value is -3.44. The number of phenols is 1. The van der Waals surface area contributed by atoms with Gasteiger partial charge in [-0.15, -0.1) is 11.8 Å². The van der Waals surface area contributed by atoms with Crippen molar-refractivity contribution in [3.05, 3.63) is 46.0 Å². The molecule has 10 nitrogen and oxygen atoms in total. The quantitative estimate of drug-likeness (QED) is 0.0416. The molecule has 0 aliphatic carbocycles. The molecule has 2 aliphatic heterocycles. The van der Waals surface area contributed by atoms with Crippen molar-refractivity contribution in [2.24, 2.45) is 23.5 Å². The second-order valence-electron chi connectivity index (χ2n) is 17.8. The minimum atomic E-state index is -1.19. The molecule has 11 heteroatoms. The summed E-state index contributed by atoms with van der Waals surface area (Å²) in [5.74, 6) is 1.80. The summed E-state index contributed by atoms with van der Waals surface area (Å²) in [6.07, 6.45) is 13.4. The molecular formula is C46H71N3O7S. The highest BCUT2D eigenvalue weighted by atomic mass is 32.2. The normalized spacial score (nSPS) is 19.4. The number of nitrogens with two attached hydrogens (primary N) is 1. The van der Waals surface area contributed by atoms with Crippen molar-refractivity contribution >= 4 is 35.3 Å². The van der Waals surface area contributed by atoms with Gasteiger partial charge in [-0.2, -0.15) is 0 Å². The zero-order valence-electron chi connectivity index (χ0n) is 35.9. The number of rotatable bonds is 23. The highest BCUT2D eigenvalue weighted by Crippen LogP contribution is 2.45. The largest absolute Gasteiger partial charge is 0.508 e. The SMILES string of the molecule is Cc1c(C)c2c(c(C)c1OC(=O)C(CC(=O)NCCC1CNc3ccc(O)cc31)SCC(N)C(=O)O)CCC(C)(CCCC(C)CCCC(C)CCCC(C)C)O2. The highest BCUT2D eigenvalue weighted by molar-refractivity contribution is 8.00. The minimum absolute atomic E-state index is 0.0550. The van der Waals surface area contributed by atoms with E-state index in [0.717, 1.165) is 88.5 Å². The number of carboxylic acid groups (broad SMARTS) is 1. The number of amides is 1. The Morgan fingerprint density at radius 3 is 2.33 bits per heavy atom. The number of phenolic OH excluding ortho intramolecular Hbond substituents is 1. The van der Waals surface area contributed by atoms with Crippen molar-refractivity contribution in [3.8, 4) is 17.2 Å². The fraction of sp³-hybridized carbons (Fsp3) is 0.674. The van der Waals surface area contributed by atoms with Crippen LogP contribution in [0.25, 0.3) is 0 Å². The number of carboxylic acids is 1. The number of nitrogens with one attached hydrogen (secondary N) is 2. The van der Waals surface area contributed by atoms with Gasteiger partial charge in [0, 0.05) is 42.4 Å². The number of hydrogen-bond acceptors (Lipinski definition) is 9. The van der Waals surface area contributed by atoms with Gasteiger partial charge in [-0.3, -0.25) is 14.4 Å². The van der Waals surface area contributed by atoms with E-state index in [2.05, 4.69) is 45.3 Å². The average Bonchev–Trinajstić information content (AvgIpc) is 3.55. The van der Waals surface area contributed by atoms with Gasteiger partial charge in [-0.1, -0.05) is 72.6 Å². The van der Waals surface area contributed by atoms with Crippen molar-refractivity contribution in [1.82, 2.24) is 5.32 Å². The van der Waals surface area contributed by atoms with Gasteiger partial charge in [-0.05, 0) is 118 Å². The monoisotopic (exact) mass is 810 g/mol. The molecule has 6 atom stereocenters. The van der Waals surface area contributed by atoms with E-state index < -0.39 is 23.2 Å². The standard InChI is InChI=1S/C46H71N3O7S/c1-28(2)12-9-13-29(3)14-10-15-30(4)16-11-21-46(8)22-19-36-33(7)42(31(5)32(6)43(36)56-46)55-45(54)40(57-27-38(47)44(52)53)25-41(51)48-23-20-34-26-49-39-18-17-35(50)24-37(34)39/h17-18,24,28-30,34,38,40,49-50H,9-16,19-23,25-27,47H2,1-8H3,(H,48,51)(H,52,53). The van der Waals surface area contributed by atoms with Gasteiger partial charge in [-0.25, -0.2) is 0 Å². The van der Waals surface area contributed by atoms with Crippen LogP contribution in [0.2, 0.25) is 0 Å². The lowest BCUT2D eigenvalue weighted by Gasteiger charge is -2.38. The van der Waals surface area contributed by atoms with Crippen LogP contribution in [0.5, 0.6) is 17.2 Å². The number of aromatic hydroxyl groups is 1. The van der Waals surface area contributed by atoms with Crippen molar-refractivity contribution in [1.29, 1.82) is 0 Å². The molecule has 2 aromatic rings. The van der Waals surface area contributed by atoms with Crippen LogP contribution in [0.15, 0.2) is 18.2 Å². The summed E-state index contributed by atoms with van der Waals surface area (Å²) in [5.41, 5.74) is 11.1.